The Bertz CT molecular complexity index is 764. The third kappa shape index (κ3) is 5.13. The van der Waals surface area contributed by atoms with Gasteiger partial charge in [-0.25, -0.2) is 8.78 Å². The molecule has 0 bridgehead atoms. The molecule has 128 valence electrons. The molecule has 0 heterocycles. The molecule has 0 aliphatic rings. The quantitative estimate of drug-likeness (QED) is 0.520. The highest BCUT2D eigenvalue weighted by molar-refractivity contribution is 9.10. The fraction of sp³-hybridized carbons (Fsp3) is 0.133. The van der Waals surface area contributed by atoms with Crippen molar-refractivity contribution < 1.29 is 22.0 Å². The average molecular weight is 425 g/mol. The van der Waals surface area contributed by atoms with Crippen LogP contribution >= 0.6 is 28.1 Å². The first-order chi connectivity index (χ1) is 11.1. The van der Waals surface area contributed by atoms with Gasteiger partial charge in [0, 0.05) is 11.0 Å². The first-order valence-electron chi connectivity index (χ1n) is 6.52. The summed E-state index contributed by atoms with van der Waals surface area (Å²) in [5.41, 5.74) is -0.506. The maximum Gasteiger partial charge on any atom is 0.416 e. The minimum Gasteiger partial charge on any atom is -0.358 e. The maximum atomic E-state index is 13.3. The van der Waals surface area contributed by atoms with Gasteiger partial charge in [-0.2, -0.15) is 13.2 Å². The number of thiocarbonyl (C=S) groups is 1. The van der Waals surface area contributed by atoms with E-state index in [1.807, 2.05) is 0 Å². The van der Waals surface area contributed by atoms with Crippen molar-refractivity contribution in [2.24, 2.45) is 0 Å². The van der Waals surface area contributed by atoms with Crippen LogP contribution < -0.4 is 10.6 Å². The zero-order chi connectivity index (χ0) is 17.9. The molecule has 0 amide bonds. The molecule has 2 nitrogen and oxygen atoms in total. The van der Waals surface area contributed by atoms with Gasteiger partial charge >= 0.3 is 6.18 Å². The second-order valence-corrected chi connectivity index (χ2v) is 6.04. The van der Waals surface area contributed by atoms with Crippen LogP contribution in [0.25, 0.3) is 0 Å². The van der Waals surface area contributed by atoms with Crippen LogP contribution in [0.15, 0.2) is 40.9 Å². The van der Waals surface area contributed by atoms with Gasteiger partial charge in [0.05, 0.1) is 11.3 Å². The lowest BCUT2D eigenvalue weighted by atomic mass is 10.1. The molecule has 2 aromatic rings. The van der Waals surface area contributed by atoms with Crippen molar-refractivity contribution in [1.82, 2.24) is 5.32 Å². The van der Waals surface area contributed by atoms with Gasteiger partial charge in [0.15, 0.2) is 5.11 Å². The molecule has 0 spiro atoms. The van der Waals surface area contributed by atoms with Crippen LogP contribution in [0.3, 0.4) is 0 Å². The molecule has 0 radical (unpaired) electrons. The van der Waals surface area contributed by atoms with E-state index < -0.39 is 23.4 Å². The topological polar surface area (TPSA) is 24.1 Å². The standard InChI is InChI=1S/C15H10BrF5N2S/c16-12-6-10(17)1-2-13(12)23-14(24)22-7-8-3-9(15(19,20)21)5-11(18)4-8/h1-6H,7H2,(H2,22,23,24). The number of benzene rings is 2. The lowest BCUT2D eigenvalue weighted by Crippen LogP contribution is -2.28. The predicted octanol–water partition coefficient (Wildman–Crippen LogP) is 5.23. The highest BCUT2D eigenvalue weighted by Gasteiger charge is 2.31. The normalized spacial score (nSPS) is 11.2. The number of nitrogens with one attached hydrogen (secondary N) is 2. The molecular weight excluding hydrogens is 415 g/mol. The Hall–Kier alpha value is -1.74. The molecule has 9 heteroatoms. The number of hydrogen-bond acceptors (Lipinski definition) is 1. The van der Waals surface area contributed by atoms with E-state index in [4.69, 9.17) is 12.2 Å². The smallest absolute Gasteiger partial charge is 0.358 e. The van der Waals surface area contributed by atoms with E-state index >= 15 is 0 Å². The summed E-state index contributed by atoms with van der Waals surface area (Å²) in [6, 6.07) is 6.14. The van der Waals surface area contributed by atoms with E-state index in [-0.39, 0.29) is 17.2 Å². The molecule has 24 heavy (non-hydrogen) atoms. The summed E-state index contributed by atoms with van der Waals surface area (Å²) < 4.78 is 64.7. The van der Waals surface area contributed by atoms with Crippen LogP contribution in [0.5, 0.6) is 0 Å². The molecule has 0 unspecified atom stereocenters. The van der Waals surface area contributed by atoms with Gasteiger partial charge in [-0.05, 0) is 70.1 Å². The first kappa shape index (κ1) is 18.6. The summed E-state index contributed by atoms with van der Waals surface area (Å²) in [6.07, 6.45) is -4.63. The summed E-state index contributed by atoms with van der Waals surface area (Å²) in [4.78, 5) is 0. The van der Waals surface area contributed by atoms with Crippen LogP contribution in [-0.2, 0) is 12.7 Å². The van der Waals surface area contributed by atoms with Crippen molar-refractivity contribution in [3.8, 4) is 0 Å². The predicted molar refractivity (Wildman–Crippen MR) is 88.6 cm³/mol. The van der Waals surface area contributed by atoms with Crippen LogP contribution in [0.4, 0.5) is 27.6 Å². The Kier molecular flexibility index (Phi) is 5.76. The van der Waals surface area contributed by atoms with Crippen LogP contribution in [0.1, 0.15) is 11.1 Å². The van der Waals surface area contributed by atoms with Crippen molar-refractivity contribution in [3.05, 3.63) is 63.6 Å². The molecule has 2 rings (SSSR count). The zero-order valence-electron chi connectivity index (χ0n) is 11.8. The van der Waals surface area contributed by atoms with E-state index in [1.54, 1.807) is 0 Å². The van der Waals surface area contributed by atoms with Crippen molar-refractivity contribution in [2.75, 3.05) is 5.32 Å². The van der Waals surface area contributed by atoms with Gasteiger partial charge in [-0.1, -0.05) is 0 Å². The SMILES string of the molecule is Fc1cc(CNC(=S)Nc2ccc(F)cc2Br)cc(C(F)(F)F)c1. The highest BCUT2D eigenvalue weighted by atomic mass is 79.9. The van der Waals surface area contributed by atoms with Crippen molar-refractivity contribution in [3.63, 3.8) is 0 Å². The molecule has 0 aliphatic carbocycles. The van der Waals surface area contributed by atoms with Gasteiger partial charge in [0.1, 0.15) is 11.6 Å². The monoisotopic (exact) mass is 424 g/mol. The number of alkyl halides is 3. The minimum atomic E-state index is -4.63. The van der Waals surface area contributed by atoms with Gasteiger partial charge in [0.25, 0.3) is 0 Å². The molecular formula is C15H10BrF5N2S. The molecule has 2 aromatic carbocycles. The molecule has 0 atom stereocenters. The second kappa shape index (κ2) is 7.43. The first-order valence-corrected chi connectivity index (χ1v) is 7.72. The van der Waals surface area contributed by atoms with E-state index in [0.29, 0.717) is 16.2 Å². The van der Waals surface area contributed by atoms with E-state index in [2.05, 4.69) is 26.6 Å². The molecule has 2 N–H and O–H groups in total. The third-order valence-corrected chi connectivity index (χ3v) is 3.82. The van der Waals surface area contributed by atoms with E-state index in [9.17, 15) is 22.0 Å². The molecule has 0 aliphatic heterocycles. The summed E-state index contributed by atoms with van der Waals surface area (Å²) in [7, 11) is 0. The lowest BCUT2D eigenvalue weighted by Gasteiger charge is -2.13. The zero-order valence-corrected chi connectivity index (χ0v) is 14.2. The Morgan fingerprint density at radius 3 is 2.38 bits per heavy atom. The van der Waals surface area contributed by atoms with Crippen molar-refractivity contribution in [1.29, 1.82) is 0 Å². The molecule has 0 aromatic heterocycles. The molecule has 0 saturated carbocycles. The Labute approximate surface area is 148 Å². The maximum absolute atomic E-state index is 13.3. The summed E-state index contributed by atoms with van der Waals surface area (Å²) >= 11 is 8.16. The van der Waals surface area contributed by atoms with Crippen LogP contribution in [0.2, 0.25) is 0 Å². The lowest BCUT2D eigenvalue weighted by molar-refractivity contribution is -0.137. The summed E-state index contributed by atoms with van der Waals surface area (Å²) in [6.45, 7) is -0.106. The Morgan fingerprint density at radius 2 is 1.75 bits per heavy atom. The number of anilines is 1. The number of hydrogen-bond donors (Lipinski definition) is 2. The van der Waals surface area contributed by atoms with Gasteiger partial charge in [-0.3, -0.25) is 0 Å². The van der Waals surface area contributed by atoms with E-state index in [0.717, 1.165) is 12.1 Å². The van der Waals surface area contributed by atoms with Crippen molar-refractivity contribution in [2.45, 2.75) is 12.7 Å². The summed E-state index contributed by atoms with van der Waals surface area (Å²) in [5.74, 6) is -1.42. The molecule has 0 saturated heterocycles. The molecule has 0 fully saturated rings. The fourth-order valence-corrected chi connectivity index (χ4v) is 2.49. The Balaban J connectivity index is 2.02. The Morgan fingerprint density at radius 1 is 1.04 bits per heavy atom. The van der Waals surface area contributed by atoms with Crippen molar-refractivity contribution >= 4 is 38.9 Å². The summed E-state index contributed by atoms with van der Waals surface area (Å²) in [5, 5.41) is 5.52. The van der Waals surface area contributed by atoms with Gasteiger partial charge in [0.2, 0.25) is 0 Å². The van der Waals surface area contributed by atoms with E-state index in [1.165, 1.54) is 18.2 Å². The van der Waals surface area contributed by atoms with Crippen LogP contribution in [0, 0.1) is 11.6 Å². The van der Waals surface area contributed by atoms with Gasteiger partial charge < -0.3 is 10.6 Å². The third-order valence-electron chi connectivity index (χ3n) is 2.92. The highest BCUT2D eigenvalue weighted by Crippen LogP contribution is 2.30. The minimum absolute atomic E-state index is 0.0876. The fourth-order valence-electron chi connectivity index (χ4n) is 1.86. The largest absolute Gasteiger partial charge is 0.416 e. The second-order valence-electron chi connectivity index (χ2n) is 4.78. The number of rotatable bonds is 3. The van der Waals surface area contributed by atoms with Crippen LogP contribution in [-0.4, -0.2) is 5.11 Å². The number of halogens is 6. The van der Waals surface area contributed by atoms with Gasteiger partial charge in [-0.15, -0.1) is 0 Å². The average Bonchev–Trinajstić information content (AvgIpc) is 2.47.